The number of aryl methyl sites for hydroxylation is 1. The van der Waals surface area contributed by atoms with Crippen molar-refractivity contribution in [1.29, 1.82) is 0 Å². The Balaban J connectivity index is 2.00. The molecule has 88 valence electrons. The van der Waals surface area contributed by atoms with Crippen molar-refractivity contribution >= 4 is 17.6 Å². The normalized spacial score (nSPS) is 10.2. The molecule has 0 atom stereocenters. The lowest BCUT2D eigenvalue weighted by atomic mass is 10.2. The van der Waals surface area contributed by atoms with Gasteiger partial charge in [-0.3, -0.25) is 0 Å². The number of pyridine rings is 1. The summed E-state index contributed by atoms with van der Waals surface area (Å²) in [5.41, 5.74) is 2.58. The summed E-state index contributed by atoms with van der Waals surface area (Å²) < 4.78 is 0. The van der Waals surface area contributed by atoms with Crippen LogP contribution < -0.4 is 5.32 Å². The molecule has 0 fully saturated rings. The van der Waals surface area contributed by atoms with E-state index in [2.05, 4.69) is 47.6 Å². The summed E-state index contributed by atoms with van der Waals surface area (Å²) in [6, 6.07) is 12.6. The summed E-state index contributed by atoms with van der Waals surface area (Å²) in [7, 11) is 1.88. The van der Waals surface area contributed by atoms with Crippen molar-refractivity contribution < 1.29 is 0 Å². The monoisotopic (exact) mass is 244 g/mol. The summed E-state index contributed by atoms with van der Waals surface area (Å²) in [4.78, 5) is 5.65. The molecule has 0 unspecified atom stereocenters. The van der Waals surface area contributed by atoms with Crippen LogP contribution in [0.5, 0.6) is 0 Å². The van der Waals surface area contributed by atoms with Crippen LogP contribution in [-0.2, 0) is 5.75 Å². The van der Waals surface area contributed by atoms with Gasteiger partial charge in [0.1, 0.15) is 5.82 Å². The first-order valence-corrected chi connectivity index (χ1v) is 6.59. The second-order valence-corrected chi connectivity index (χ2v) is 4.87. The van der Waals surface area contributed by atoms with E-state index >= 15 is 0 Å². The first-order chi connectivity index (χ1) is 8.29. The van der Waals surface area contributed by atoms with Crippen LogP contribution in [0.25, 0.3) is 0 Å². The van der Waals surface area contributed by atoms with Gasteiger partial charge in [-0.05, 0) is 30.2 Å². The first-order valence-electron chi connectivity index (χ1n) is 5.60. The lowest BCUT2D eigenvalue weighted by Crippen LogP contribution is -1.92. The van der Waals surface area contributed by atoms with E-state index in [0.717, 1.165) is 11.6 Å². The molecule has 0 radical (unpaired) electrons. The number of thioether (sulfide) groups is 1. The molecule has 2 nitrogen and oxygen atoms in total. The van der Waals surface area contributed by atoms with E-state index in [1.54, 1.807) is 0 Å². The Hall–Kier alpha value is -1.48. The molecule has 1 aromatic carbocycles. The molecule has 0 amide bonds. The second kappa shape index (κ2) is 5.73. The van der Waals surface area contributed by atoms with Gasteiger partial charge in [-0.25, -0.2) is 4.98 Å². The van der Waals surface area contributed by atoms with Gasteiger partial charge in [0.15, 0.2) is 0 Å². The maximum atomic E-state index is 4.31. The first kappa shape index (κ1) is 12.0. The van der Waals surface area contributed by atoms with Gasteiger partial charge in [0.25, 0.3) is 0 Å². The second-order valence-electron chi connectivity index (χ2n) is 3.86. The van der Waals surface area contributed by atoms with E-state index in [0.29, 0.717) is 0 Å². The zero-order valence-electron chi connectivity index (χ0n) is 10.1. The molecule has 0 saturated heterocycles. The third-order valence-corrected chi connectivity index (χ3v) is 3.82. The fraction of sp³-hybridized carbons (Fsp3) is 0.214. The zero-order valence-corrected chi connectivity index (χ0v) is 10.9. The lowest BCUT2D eigenvalue weighted by molar-refractivity contribution is 1.22. The Morgan fingerprint density at radius 1 is 1.18 bits per heavy atom. The van der Waals surface area contributed by atoms with Crippen LogP contribution in [0.2, 0.25) is 0 Å². The van der Waals surface area contributed by atoms with Crippen LogP contribution in [0.1, 0.15) is 11.1 Å². The van der Waals surface area contributed by atoms with Crippen molar-refractivity contribution in [2.75, 3.05) is 12.4 Å². The quantitative estimate of drug-likeness (QED) is 0.830. The van der Waals surface area contributed by atoms with Crippen LogP contribution in [-0.4, -0.2) is 12.0 Å². The predicted molar refractivity (Wildman–Crippen MR) is 74.5 cm³/mol. The average molecular weight is 244 g/mol. The van der Waals surface area contributed by atoms with Crippen molar-refractivity contribution in [3.05, 3.63) is 53.7 Å². The van der Waals surface area contributed by atoms with E-state index in [-0.39, 0.29) is 0 Å². The van der Waals surface area contributed by atoms with Crippen molar-refractivity contribution in [3.8, 4) is 0 Å². The largest absolute Gasteiger partial charge is 0.373 e. The number of hydrogen-bond acceptors (Lipinski definition) is 3. The highest BCUT2D eigenvalue weighted by Gasteiger charge is 1.99. The van der Waals surface area contributed by atoms with Crippen LogP contribution in [0, 0.1) is 6.92 Å². The van der Waals surface area contributed by atoms with Crippen molar-refractivity contribution in [2.24, 2.45) is 0 Å². The molecule has 0 aliphatic carbocycles. The van der Waals surface area contributed by atoms with Crippen molar-refractivity contribution in [3.63, 3.8) is 0 Å². The molecular formula is C14H16N2S. The third kappa shape index (κ3) is 3.24. The summed E-state index contributed by atoms with van der Waals surface area (Å²) in [6.45, 7) is 2.14. The molecule has 0 aliphatic rings. The third-order valence-electron chi connectivity index (χ3n) is 2.57. The highest BCUT2D eigenvalue weighted by atomic mass is 32.2. The Bertz CT molecular complexity index is 480. The summed E-state index contributed by atoms with van der Waals surface area (Å²) >= 11 is 1.85. The number of aromatic nitrogens is 1. The molecule has 1 N–H and O–H groups in total. The standard InChI is InChI=1S/C14H16N2S/c1-11-5-3-4-6-13(11)17-10-12-7-8-14(15-2)16-9-12/h3-9H,10H2,1-2H3,(H,15,16). The van der Waals surface area contributed by atoms with Gasteiger partial charge >= 0.3 is 0 Å². The molecule has 0 spiro atoms. The van der Waals surface area contributed by atoms with Gasteiger partial charge in [0.2, 0.25) is 0 Å². The Morgan fingerprint density at radius 3 is 2.65 bits per heavy atom. The highest BCUT2D eigenvalue weighted by molar-refractivity contribution is 7.98. The minimum absolute atomic E-state index is 0.912. The molecule has 0 bridgehead atoms. The zero-order chi connectivity index (χ0) is 12.1. The van der Waals surface area contributed by atoms with Crippen LogP contribution in [0.15, 0.2) is 47.5 Å². The maximum absolute atomic E-state index is 4.31. The lowest BCUT2D eigenvalue weighted by Gasteiger charge is -2.05. The van der Waals surface area contributed by atoms with E-state index in [1.165, 1.54) is 16.0 Å². The summed E-state index contributed by atoms with van der Waals surface area (Å²) in [5, 5.41) is 3.02. The Morgan fingerprint density at radius 2 is 2.00 bits per heavy atom. The van der Waals surface area contributed by atoms with Gasteiger partial charge in [-0.1, -0.05) is 24.3 Å². The van der Waals surface area contributed by atoms with Gasteiger partial charge in [0.05, 0.1) is 0 Å². The van der Waals surface area contributed by atoms with Crippen LogP contribution in [0.4, 0.5) is 5.82 Å². The maximum Gasteiger partial charge on any atom is 0.125 e. The van der Waals surface area contributed by atoms with Crippen molar-refractivity contribution in [2.45, 2.75) is 17.6 Å². The molecule has 3 heteroatoms. The molecule has 1 heterocycles. The average Bonchev–Trinajstić information content (AvgIpc) is 2.38. The van der Waals surface area contributed by atoms with Crippen molar-refractivity contribution in [1.82, 2.24) is 4.98 Å². The van der Waals surface area contributed by atoms with E-state index in [9.17, 15) is 0 Å². The molecule has 0 aliphatic heterocycles. The van der Waals surface area contributed by atoms with E-state index < -0.39 is 0 Å². The van der Waals surface area contributed by atoms with Gasteiger partial charge in [-0.15, -0.1) is 11.8 Å². The van der Waals surface area contributed by atoms with Gasteiger partial charge < -0.3 is 5.32 Å². The molecular weight excluding hydrogens is 228 g/mol. The highest BCUT2D eigenvalue weighted by Crippen LogP contribution is 2.25. The molecule has 0 saturated carbocycles. The fourth-order valence-corrected chi connectivity index (χ4v) is 2.50. The molecule has 2 rings (SSSR count). The van der Waals surface area contributed by atoms with Crippen LogP contribution >= 0.6 is 11.8 Å². The number of rotatable bonds is 4. The topological polar surface area (TPSA) is 24.9 Å². The Labute approximate surface area is 106 Å². The number of nitrogens with one attached hydrogen (secondary N) is 1. The molecule has 17 heavy (non-hydrogen) atoms. The van der Waals surface area contributed by atoms with Gasteiger partial charge in [-0.2, -0.15) is 0 Å². The summed E-state index contributed by atoms with van der Waals surface area (Å²) in [5.74, 6) is 1.87. The minimum atomic E-state index is 0.912. The minimum Gasteiger partial charge on any atom is -0.373 e. The number of benzene rings is 1. The Kier molecular flexibility index (Phi) is 4.04. The number of anilines is 1. The van der Waals surface area contributed by atoms with Crippen LogP contribution in [0.3, 0.4) is 0 Å². The molecule has 1 aromatic heterocycles. The smallest absolute Gasteiger partial charge is 0.125 e. The van der Waals surface area contributed by atoms with Gasteiger partial charge in [0, 0.05) is 23.9 Å². The fourth-order valence-electron chi connectivity index (χ4n) is 1.54. The SMILES string of the molecule is CNc1ccc(CSc2ccccc2C)cn1. The molecule has 2 aromatic rings. The predicted octanol–water partition coefficient (Wildman–Crippen LogP) is 3.72. The number of hydrogen-bond donors (Lipinski definition) is 1. The van der Waals surface area contributed by atoms with E-state index in [4.69, 9.17) is 0 Å². The summed E-state index contributed by atoms with van der Waals surface area (Å²) in [6.07, 6.45) is 1.93. The number of nitrogens with zero attached hydrogens (tertiary/aromatic N) is 1. The van der Waals surface area contributed by atoms with E-state index in [1.807, 2.05) is 31.1 Å².